The third-order valence-corrected chi connectivity index (χ3v) is 4.58. The number of nitrogens with two attached hydrogens (primary N) is 1. The number of nitrogens with one attached hydrogen (secondary N) is 1. The van der Waals surface area contributed by atoms with E-state index in [9.17, 15) is 0 Å². The molecule has 19 heavy (non-hydrogen) atoms. The number of hydrogen-bond acceptors (Lipinski definition) is 4. The molecule has 104 valence electrons. The van der Waals surface area contributed by atoms with Gasteiger partial charge in [0, 0.05) is 12.6 Å². The lowest BCUT2D eigenvalue weighted by Crippen LogP contribution is -2.30. The van der Waals surface area contributed by atoms with Crippen LogP contribution in [0, 0.1) is 11.8 Å². The molecule has 1 aromatic carbocycles. The third kappa shape index (κ3) is 2.73. The Hall–Kier alpha value is -0.780. The fourth-order valence-electron chi connectivity index (χ4n) is 2.50. The number of hydrogen-bond donors (Lipinski definition) is 2. The second-order valence-corrected chi connectivity index (χ2v) is 6.26. The molecule has 0 radical (unpaired) electrons. The van der Waals surface area contributed by atoms with Gasteiger partial charge in [0.05, 0.1) is 4.47 Å². The molecule has 0 saturated heterocycles. The topological polar surface area (TPSA) is 56.5 Å². The fourth-order valence-corrected chi connectivity index (χ4v) is 3.08. The van der Waals surface area contributed by atoms with Crippen molar-refractivity contribution in [1.29, 1.82) is 0 Å². The van der Waals surface area contributed by atoms with E-state index in [0.717, 1.165) is 39.9 Å². The van der Waals surface area contributed by atoms with E-state index in [2.05, 4.69) is 34.2 Å². The summed E-state index contributed by atoms with van der Waals surface area (Å²) in [7, 11) is 0. The lowest BCUT2D eigenvalue weighted by Gasteiger charge is -2.18. The second-order valence-electron chi connectivity index (χ2n) is 5.41. The summed E-state index contributed by atoms with van der Waals surface area (Å²) >= 11 is 3.52. The molecule has 4 nitrogen and oxygen atoms in total. The molecule has 1 aromatic rings. The number of halogens is 1. The van der Waals surface area contributed by atoms with Crippen LogP contribution in [0.3, 0.4) is 0 Å². The van der Waals surface area contributed by atoms with Gasteiger partial charge in [0.25, 0.3) is 0 Å². The van der Waals surface area contributed by atoms with E-state index in [4.69, 9.17) is 15.2 Å². The molecule has 0 amide bonds. The van der Waals surface area contributed by atoms with Gasteiger partial charge in [0.15, 0.2) is 11.5 Å². The maximum absolute atomic E-state index is 5.89. The van der Waals surface area contributed by atoms with Gasteiger partial charge in [-0.15, -0.1) is 0 Å². The molecule has 0 bridgehead atoms. The van der Waals surface area contributed by atoms with Gasteiger partial charge in [-0.25, -0.2) is 0 Å². The Balaban J connectivity index is 1.73. The lowest BCUT2D eigenvalue weighted by atomic mass is 10.1. The molecular weight excluding hydrogens is 308 g/mol. The summed E-state index contributed by atoms with van der Waals surface area (Å²) in [5.41, 5.74) is 7.04. The zero-order chi connectivity index (χ0) is 13.4. The van der Waals surface area contributed by atoms with Gasteiger partial charge in [0.1, 0.15) is 0 Å². The number of rotatable bonds is 5. The number of benzene rings is 1. The number of ether oxygens (including phenoxy) is 2. The summed E-state index contributed by atoms with van der Waals surface area (Å²) in [6.45, 7) is 4.20. The predicted octanol–water partition coefficient (Wildman–Crippen LogP) is 2.42. The molecular formula is C14H19BrN2O2. The Morgan fingerprint density at radius 2 is 2.26 bits per heavy atom. The quantitative estimate of drug-likeness (QED) is 0.872. The van der Waals surface area contributed by atoms with Crippen LogP contribution in [0.2, 0.25) is 0 Å². The molecule has 1 heterocycles. The van der Waals surface area contributed by atoms with Crippen LogP contribution in [0.5, 0.6) is 11.5 Å². The number of fused-ring (bicyclic) bond motifs is 1. The molecule has 0 aromatic heterocycles. The summed E-state index contributed by atoms with van der Waals surface area (Å²) in [5.74, 6) is 3.25. The van der Waals surface area contributed by atoms with Gasteiger partial charge < -0.3 is 20.5 Å². The van der Waals surface area contributed by atoms with Crippen molar-refractivity contribution in [3.8, 4) is 11.5 Å². The molecule has 0 spiro atoms. The van der Waals surface area contributed by atoms with Gasteiger partial charge in [0.2, 0.25) is 6.79 Å². The fraction of sp³-hybridized carbons (Fsp3) is 0.571. The summed E-state index contributed by atoms with van der Waals surface area (Å²) in [6.07, 6.45) is 1.33. The normalized spacial score (nSPS) is 25.4. The van der Waals surface area contributed by atoms with Crippen LogP contribution in [-0.2, 0) is 0 Å². The standard InChI is InChI=1S/C14H19BrN2O2/c1-8-2-10(8)6-17-12(5-16)9-3-11(15)14-13(4-9)18-7-19-14/h3-4,8,10,12,17H,2,5-7,16H2,1H3. The molecule has 3 atom stereocenters. The van der Waals surface area contributed by atoms with E-state index in [1.165, 1.54) is 6.42 Å². The van der Waals surface area contributed by atoms with Gasteiger partial charge in [-0.05, 0) is 58.4 Å². The zero-order valence-corrected chi connectivity index (χ0v) is 12.6. The highest BCUT2D eigenvalue weighted by Crippen LogP contribution is 2.41. The highest BCUT2D eigenvalue weighted by atomic mass is 79.9. The molecule has 5 heteroatoms. The van der Waals surface area contributed by atoms with Crippen LogP contribution in [0.1, 0.15) is 24.9 Å². The van der Waals surface area contributed by atoms with Crippen molar-refractivity contribution in [2.24, 2.45) is 17.6 Å². The van der Waals surface area contributed by atoms with Crippen LogP contribution in [0.25, 0.3) is 0 Å². The molecule has 2 aliphatic rings. The maximum atomic E-state index is 5.89. The highest BCUT2D eigenvalue weighted by molar-refractivity contribution is 9.10. The second kappa shape index (κ2) is 5.31. The van der Waals surface area contributed by atoms with E-state index in [1.807, 2.05) is 6.07 Å². The van der Waals surface area contributed by atoms with Crippen LogP contribution in [-0.4, -0.2) is 19.9 Å². The van der Waals surface area contributed by atoms with Crippen LogP contribution in [0.4, 0.5) is 0 Å². The van der Waals surface area contributed by atoms with E-state index >= 15 is 0 Å². The molecule has 1 aliphatic carbocycles. The van der Waals surface area contributed by atoms with Crippen LogP contribution < -0.4 is 20.5 Å². The van der Waals surface area contributed by atoms with Gasteiger partial charge in [-0.3, -0.25) is 0 Å². The first-order valence-electron chi connectivity index (χ1n) is 6.71. The van der Waals surface area contributed by atoms with Gasteiger partial charge >= 0.3 is 0 Å². The van der Waals surface area contributed by atoms with Gasteiger partial charge in [-0.1, -0.05) is 6.92 Å². The highest BCUT2D eigenvalue weighted by Gasteiger charge is 2.32. The molecule has 1 saturated carbocycles. The summed E-state index contributed by atoms with van der Waals surface area (Å²) in [6, 6.07) is 4.25. The Morgan fingerprint density at radius 3 is 2.95 bits per heavy atom. The molecule has 3 unspecified atom stereocenters. The average Bonchev–Trinajstić information content (AvgIpc) is 2.90. The van der Waals surface area contributed by atoms with E-state index in [1.54, 1.807) is 0 Å². The molecule has 1 fully saturated rings. The Labute approximate surface area is 121 Å². The Morgan fingerprint density at radius 1 is 1.47 bits per heavy atom. The molecule has 3 N–H and O–H groups in total. The predicted molar refractivity (Wildman–Crippen MR) is 77.3 cm³/mol. The lowest BCUT2D eigenvalue weighted by molar-refractivity contribution is 0.173. The first-order valence-corrected chi connectivity index (χ1v) is 7.51. The van der Waals surface area contributed by atoms with Crippen molar-refractivity contribution in [3.05, 3.63) is 22.2 Å². The van der Waals surface area contributed by atoms with Gasteiger partial charge in [-0.2, -0.15) is 0 Å². The van der Waals surface area contributed by atoms with Crippen molar-refractivity contribution in [2.45, 2.75) is 19.4 Å². The molecule has 3 rings (SSSR count). The Kier molecular flexibility index (Phi) is 3.69. The van der Waals surface area contributed by atoms with E-state index in [-0.39, 0.29) is 12.8 Å². The minimum atomic E-state index is 0.165. The van der Waals surface area contributed by atoms with Crippen molar-refractivity contribution in [3.63, 3.8) is 0 Å². The first-order chi connectivity index (χ1) is 9.19. The van der Waals surface area contributed by atoms with E-state index < -0.39 is 0 Å². The monoisotopic (exact) mass is 326 g/mol. The molecule has 1 aliphatic heterocycles. The van der Waals surface area contributed by atoms with Crippen molar-refractivity contribution < 1.29 is 9.47 Å². The summed E-state index contributed by atoms with van der Waals surface area (Å²) in [4.78, 5) is 0. The van der Waals surface area contributed by atoms with Crippen LogP contribution in [0.15, 0.2) is 16.6 Å². The first kappa shape index (κ1) is 13.2. The Bertz CT molecular complexity index is 481. The zero-order valence-electron chi connectivity index (χ0n) is 11.0. The van der Waals surface area contributed by atoms with Crippen molar-refractivity contribution >= 4 is 15.9 Å². The largest absolute Gasteiger partial charge is 0.454 e. The minimum absolute atomic E-state index is 0.165. The SMILES string of the molecule is CC1CC1CNC(CN)c1cc(Br)c2c(c1)OCO2. The third-order valence-electron chi connectivity index (χ3n) is 3.99. The smallest absolute Gasteiger partial charge is 0.231 e. The van der Waals surface area contributed by atoms with Crippen LogP contribution >= 0.6 is 15.9 Å². The summed E-state index contributed by atoms with van der Waals surface area (Å²) < 4.78 is 11.8. The average molecular weight is 327 g/mol. The summed E-state index contributed by atoms with van der Waals surface area (Å²) in [5, 5.41) is 3.55. The minimum Gasteiger partial charge on any atom is -0.454 e. The van der Waals surface area contributed by atoms with Crippen molar-refractivity contribution in [2.75, 3.05) is 19.9 Å². The van der Waals surface area contributed by atoms with E-state index in [0.29, 0.717) is 6.54 Å². The maximum Gasteiger partial charge on any atom is 0.231 e. The van der Waals surface area contributed by atoms with Crippen molar-refractivity contribution in [1.82, 2.24) is 5.32 Å².